The van der Waals surface area contributed by atoms with Crippen molar-refractivity contribution in [3.8, 4) is 0 Å². The molecule has 1 unspecified atom stereocenters. The Bertz CT molecular complexity index is 445. The minimum atomic E-state index is -1.06. The first-order chi connectivity index (χ1) is 8.58. The van der Waals surface area contributed by atoms with Crippen molar-refractivity contribution >= 4 is 11.7 Å². The maximum absolute atomic E-state index is 13.3. The van der Waals surface area contributed by atoms with Gasteiger partial charge in [-0.25, -0.2) is 4.39 Å². The van der Waals surface area contributed by atoms with Crippen LogP contribution in [0.15, 0.2) is 18.2 Å². The Labute approximate surface area is 105 Å². The zero-order valence-corrected chi connectivity index (χ0v) is 10.1. The van der Waals surface area contributed by atoms with Crippen molar-refractivity contribution in [1.82, 2.24) is 0 Å². The summed E-state index contributed by atoms with van der Waals surface area (Å²) in [7, 11) is 0. The molecule has 3 N–H and O–H groups in total. The van der Waals surface area contributed by atoms with Crippen molar-refractivity contribution in [3.05, 3.63) is 29.6 Å². The highest BCUT2D eigenvalue weighted by Gasteiger charge is 2.20. The van der Waals surface area contributed by atoms with E-state index in [-0.39, 0.29) is 12.2 Å². The van der Waals surface area contributed by atoms with Gasteiger partial charge in [-0.15, -0.1) is 0 Å². The van der Waals surface area contributed by atoms with Gasteiger partial charge in [0, 0.05) is 25.2 Å². The molecule has 2 rings (SSSR count). The van der Waals surface area contributed by atoms with Crippen molar-refractivity contribution in [2.75, 3.05) is 18.0 Å². The minimum Gasteiger partial charge on any atom is -0.480 e. The van der Waals surface area contributed by atoms with E-state index >= 15 is 0 Å². The Morgan fingerprint density at radius 2 is 2.11 bits per heavy atom. The number of carboxylic acids is 1. The highest BCUT2D eigenvalue weighted by Crippen LogP contribution is 2.26. The van der Waals surface area contributed by atoms with Crippen molar-refractivity contribution in [2.45, 2.75) is 25.3 Å². The van der Waals surface area contributed by atoms with Gasteiger partial charge in [-0.05, 0) is 36.6 Å². The molecule has 0 spiro atoms. The molecule has 0 aromatic heterocycles. The SMILES string of the molecule is NC(Cc1cc(F)ccc1N1CCCC1)C(=O)O. The maximum atomic E-state index is 13.3. The fourth-order valence-electron chi connectivity index (χ4n) is 2.31. The largest absolute Gasteiger partial charge is 0.480 e. The first-order valence-corrected chi connectivity index (χ1v) is 6.09. The second kappa shape index (κ2) is 5.35. The predicted octanol–water partition coefficient (Wildman–Crippen LogP) is 1.38. The zero-order chi connectivity index (χ0) is 13.1. The predicted molar refractivity (Wildman–Crippen MR) is 67.2 cm³/mol. The molecule has 1 aromatic rings. The smallest absolute Gasteiger partial charge is 0.320 e. The van der Waals surface area contributed by atoms with Gasteiger partial charge in [-0.1, -0.05) is 0 Å². The van der Waals surface area contributed by atoms with E-state index in [4.69, 9.17) is 10.8 Å². The molecule has 1 saturated heterocycles. The van der Waals surface area contributed by atoms with Crippen LogP contribution in [0.2, 0.25) is 0 Å². The first kappa shape index (κ1) is 12.8. The summed E-state index contributed by atoms with van der Waals surface area (Å²) in [6.45, 7) is 1.86. The van der Waals surface area contributed by atoms with Gasteiger partial charge in [0.15, 0.2) is 0 Å². The molecule has 98 valence electrons. The number of aliphatic carboxylic acids is 1. The quantitative estimate of drug-likeness (QED) is 0.849. The van der Waals surface area contributed by atoms with Gasteiger partial charge >= 0.3 is 5.97 Å². The molecule has 1 atom stereocenters. The molecule has 0 saturated carbocycles. The highest BCUT2D eigenvalue weighted by molar-refractivity contribution is 5.74. The maximum Gasteiger partial charge on any atom is 0.320 e. The lowest BCUT2D eigenvalue weighted by Crippen LogP contribution is -2.33. The Morgan fingerprint density at radius 3 is 2.72 bits per heavy atom. The first-order valence-electron chi connectivity index (χ1n) is 6.09. The van der Waals surface area contributed by atoms with Gasteiger partial charge in [0.1, 0.15) is 11.9 Å². The number of benzene rings is 1. The van der Waals surface area contributed by atoms with Crippen LogP contribution in [0.4, 0.5) is 10.1 Å². The van der Waals surface area contributed by atoms with E-state index in [1.807, 2.05) is 0 Å². The van der Waals surface area contributed by atoms with Crippen LogP contribution < -0.4 is 10.6 Å². The standard InChI is InChI=1S/C13H17FN2O2/c14-10-3-4-12(16-5-1-2-6-16)9(7-10)8-11(15)13(17)18/h3-4,7,11H,1-2,5-6,8,15H2,(H,17,18). The number of nitrogens with two attached hydrogens (primary N) is 1. The average Bonchev–Trinajstić information content (AvgIpc) is 2.82. The van der Waals surface area contributed by atoms with E-state index in [1.54, 1.807) is 6.07 Å². The number of carbonyl (C=O) groups is 1. The van der Waals surface area contributed by atoms with E-state index < -0.39 is 12.0 Å². The summed E-state index contributed by atoms with van der Waals surface area (Å²) in [4.78, 5) is 12.9. The number of carboxylic acid groups (broad SMARTS) is 1. The molecular formula is C13H17FN2O2. The van der Waals surface area contributed by atoms with Crippen LogP contribution in [-0.2, 0) is 11.2 Å². The number of nitrogens with zero attached hydrogens (tertiary/aromatic N) is 1. The van der Waals surface area contributed by atoms with Crippen LogP contribution in [0, 0.1) is 5.82 Å². The second-order valence-electron chi connectivity index (χ2n) is 4.62. The summed E-state index contributed by atoms with van der Waals surface area (Å²) in [5.41, 5.74) is 7.11. The number of halogens is 1. The number of hydrogen-bond acceptors (Lipinski definition) is 3. The van der Waals surface area contributed by atoms with Gasteiger partial charge in [0.25, 0.3) is 0 Å². The van der Waals surface area contributed by atoms with Gasteiger partial charge < -0.3 is 15.7 Å². The number of rotatable bonds is 4. The van der Waals surface area contributed by atoms with Crippen molar-refractivity contribution in [2.24, 2.45) is 5.73 Å². The Balaban J connectivity index is 2.25. The lowest BCUT2D eigenvalue weighted by molar-refractivity contribution is -0.138. The van der Waals surface area contributed by atoms with Crippen molar-refractivity contribution < 1.29 is 14.3 Å². The van der Waals surface area contributed by atoms with Crippen LogP contribution in [0.25, 0.3) is 0 Å². The second-order valence-corrected chi connectivity index (χ2v) is 4.62. The molecule has 0 aliphatic carbocycles. The Hall–Kier alpha value is -1.62. The van der Waals surface area contributed by atoms with Crippen LogP contribution in [0.1, 0.15) is 18.4 Å². The molecular weight excluding hydrogens is 235 g/mol. The normalized spacial score (nSPS) is 16.9. The molecule has 5 heteroatoms. The lowest BCUT2D eigenvalue weighted by Gasteiger charge is -2.22. The fraction of sp³-hybridized carbons (Fsp3) is 0.462. The third-order valence-electron chi connectivity index (χ3n) is 3.25. The van der Waals surface area contributed by atoms with Gasteiger partial charge in [0.2, 0.25) is 0 Å². The monoisotopic (exact) mass is 252 g/mol. The molecule has 1 aliphatic rings. The summed E-state index contributed by atoms with van der Waals surface area (Å²) in [6, 6.07) is 3.51. The summed E-state index contributed by atoms with van der Waals surface area (Å²) in [6.07, 6.45) is 2.38. The topological polar surface area (TPSA) is 66.6 Å². The lowest BCUT2D eigenvalue weighted by atomic mass is 10.0. The zero-order valence-electron chi connectivity index (χ0n) is 10.1. The summed E-state index contributed by atoms with van der Waals surface area (Å²) >= 11 is 0. The van der Waals surface area contributed by atoms with Crippen molar-refractivity contribution in [1.29, 1.82) is 0 Å². The molecule has 0 amide bonds. The molecule has 1 heterocycles. The van der Waals surface area contributed by atoms with E-state index in [9.17, 15) is 9.18 Å². The third kappa shape index (κ3) is 2.79. The molecule has 1 fully saturated rings. The van der Waals surface area contributed by atoms with Crippen LogP contribution in [-0.4, -0.2) is 30.2 Å². The third-order valence-corrected chi connectivity index (χ3v) is 3.25. The van der Waals surface area contributed by atoms with Crippen LogP contribution in [0.5, 0.6) is 0 Å². The Kier molecular flexibility index (Phi) is 3.81. The number of hydrogen-bond donors (Lipinski definition) is 2. The minimum absolute atomic E-state index is 0.152. The summed E-state index contributed by atoms with van der Waals surface area (Å²) < 4.78 is 13.3. The molecule has 1 aromatic carbocycles. The van der Waals surface area contributed by atoms with E-state index in [0.29, 0.717) is 5.56 Å². The molecule has 1 aliphatic heterocycles. The van der Waals surface area contributed by atoms with Gasteiger partial charge in [-0.2, -0.15) is 0 Å². The van der Waals surface area contributed by atoms with Crippen molar-refractivity contribution in [3.63, 3.8) is 0 Å². The molecule has 0 radical (unpaired) electrons. The van der Waals surface area contributed by atoms with Gasteiger partial charge in [-0.3, -0.25) is 4.79 Å². The fourth-order valence-corrected chi connectivity index (χ4v) is 2.31. The molecule has 0 bridgehead atoms. The molecule has 4 nitrogen and oxygen atoms in total. The molecule has 18 heavy (non-hydrogen) atoms. The highest BCUT2D eigenvalue weighted by atomic mass is 19.1. The average molecular weight is 252 g/mol. The van der Waals surface area contributed by atoms with Gasteiger partial charge in [0.05, 0.1) is 0 Å². The van der Waals surface area contributed by atoms with E-state index in [0.717, 1.165) is 31.6 Å². The number of anilines is 1. The van der Waals surface area contributed by atoms with E-state index in [1.165, 1.54) is 12.1 Å². The van der Waals surface area contributed by atoms with Crippen LogP contribution in [0.3, 0.4) is 0 Å². The summed E-state index contributed by atoms with van der Waals surface area (Å²) in [5, 5.41) is 8.84. The van der Waals surface area contributed by atoms with E-state index in [2.05, 4.69) is 4.90 Å². The Morgan fingerprint density at radius 1 is 1.44 bits per heavy atom. The summed E-state index contributed by atoms with van der Waals surface area (Å²) in [5.74, 6) is -1.42. The van der Waals surface area contributed by atoms with Crippen LogP contribution >= 0.6 is 0 Å².